The largest absolute Gasteiger partial charge is 0.352 e. The molecule has 2 aliphatic rings. The summed E-state index contributed by atoms with van der Waals surface area (Å²) < 4.78 is 0. The number of rotatable bonds is 0. The first-order valence-electron chi connectivity index (χ1n) is 7.20. The van der Waals surface area contributed by atoms with E-state index in [0.29, 0.717) is 0 Å². The second kappa shape index (κ2) is 4.18. The van der Waals surface area contributed by atoms with Gasteiger partial charge in [-0.2, -0.15) is 0 Å². The first-order valence-corrected chi connectivity index (χ1v) is 7.20. The Bertz CT molecular complexity index is 952. The summed E-state index contributed by atoms with van der Waals surface area (Å²) in [4.78, 5) is 9.46. The summed E-state index contributed by atoms with van der Waals surface area (Å²) in [7, 11) is 0. The highest BCUT2D eigenvalue weighted by molar-refractivity contribution is 5.79. The minimum absolute atomic E-state index is 0.930. The average molecular weight is 284 g/mol. The highest BCUT2D eigenvalue weighted by atomic mass is 15.0. The van der Waals surface area contributed by atoms with Crippen LogP contribution in [0.3, 0.4) is 0 Å². The molecule has 2 aliphatic heterocycles. The third kappa shape index (κ3) is 1.64. The molecule has 0 saturated heterocycles. The van der Waals surface area contributed by atoms with E-state index < -0.39 is 0 Å². The summed E-state index contributed by atoms with van der Waals surface area (Å²) in [5, 5.41) is 8.73. The van der Waals surface area contributed by atoms with E-state index in [2.05, 4.69) is 10.6 Å². The van der Waals surface area contributed by atoms with Crippen molar-refractivity contribution < 1.29 is 0 Å². The van der Waals surface area contributed by atoms with E-state index in [-0.39, 0.29) is 0 Å². The summed E-state index contributed by atoms with van der Waals surface area (Å²) in [5.41, 5.74) is 5.95. The average Bonchev–Trinajstić information content (AvgIpc) is 2.56. The Hall–Kier alpha value is -3.14. The molecule has 0 fully saturated rings. The second-order valence-corrected chi connectivity index (χ2v) is 5.39. The highest BCUT2D eigenvalue weighted by Gasteiger charge is 2.14. The fourth-order valence-corrected chi connectivity index (χ4v) is 2.87. The van der Waals surface area contributed by atoms with Crippen molar-refractivity contribution in [1.29, 1.82) is 0 Å². The summed E-state index contributed by atoms with van der Waals surface area (Å²) in [6.07, 6.45) is 0. The molecule has 0 amide bonds. The molecule has 2 heterocycles. The van der Waals surface area contributed by atoms with Gasteiger partial charge in [0.2, 0.25) is 0 Å². The highest BCUT2D eigenvalue weighted by Crippen LogP contribution is 2.32. The zero-order valence-corrected chi connectivity index (χ0v) is 11.7. The van der Waals surface area contributed by atoms with Crippen LogP contribution in [0.15, 0.2) is 70.6 Å². The minimum atomic E-state index is 0.930. The van der Waals surface area contributed by atoms with Crippen LogP contribution in [0.2, 0.25) is 0 Å². The monoisotopic (exact) mass is 284 g/mol. The molecule has 3 aromatic carbocycles. The Morgan fingerprint density at radius 1 is 0.545 bits per heavy atom. The van der Waals surface area contributed by atoms with Gasteiger partial charge in [0.1, 0.15) is 0 Å². The van der Waals surface area contributed by atoms with Crippen molar-refractivity contribution in [3.8, 4) is 0 Å². The SMILES string of the molecule is c1ccc2c(c1)N=c1cc3c(cc1N2)=Nc1ccccc1N3. The van der Waals surface area contributed by atoms with Crippen molar-refractivity contribution >= 4 is 34.1 Å². The first kappa shape index (κ1) is 11.5. The van der Waals surface area contributed by atoms with Gasteiger partial charge in [0.05, 0.1) is 44.8 Å². The molecule has 4 heteroatoms. The summed E-state index contributed by atoms with van der Waals surface area (Å²) in [6.45, 7) is 0. The van der Waals surface area contributed by atoms with Gasteiger partial charge < -0.3 is 10.6 Å². The Labute approximate surface area is 126 Å². The Kier molecular flexibility index (Phi) is 2.19. The zero-order valence-electron chi connectivity index (χ0n) is 11.7. The fraction of sp³-hybridized carbons (Fsp3) is 0. The number of nitrogens with one attached hydrogen (secondary N) is 2. The van der Waals surface area contributed by atoms with Gasteiger partial charge in [-0.25, -0.2) is 9.98 Å². The van der Waals surface area contributed by atoms with Gasteiger partial charge in [-0.1, -0.05) is 24.3 Å². The van der Waals surface area contributed by atoms with Crippen molar-refractivity contribution in [1.82, 2.24) is 0 Å². The third-order valence-corrected chi connectivity index (χ3v) is 3.94. The first-order chi connectivity index (χ1) is 10.9. The number of fused-ring (bicyclic) bond motifs is 4. The molecule has 4 nitrogen and oxygen atoms in total. The van der Waals surface area contributed by atoms with Gasteiger partial charge in [-0.3, -0.25) is 0 Å². The van der Waals surface area contributed by atoms with E-state index in [0.717, 1.165) is 44.8 Å². The lowest BCUT2D eigenvalue weighted by Gasteiger charge is -2.19. The number of nitrogens with zero attached hydrogens (tertiary/aromatic N) is 2. The van der Waals surface area contributed by atoms with E-state index in [1.54, 1.807) is 0 Å². The smallest absolute Gasteiger partial charge is 0.0894 e. The van der Waals surface area contributed by atoms with Gasteiger partial charge in [0.25, 0.3) is 0 Å². The maximum Gasteiger partial charge on any atom is 0.0894 e. The molecule has 0 unspecified atom stereocenters. The lowest BCUT2D eigenvalue weighted by atomic mass is 10.1. The minimum Gasteiger partial charge on any atom is -0.352 e. The fourth-order valence-electron chi connectivity index (χ4n) is 2.87. The van der Waals surface area contributed by atoms with Crippen molar-refractivity contribution in [3.05, 3.63) is 71.4 Å². The van der Waals surface area contributed by atoms with Crippen LogP contribution in [0.5, 0.6) is 0 Å². The summed E-state index contributed by atoms with van der Waals surface area (Å²) >= 11 is 0. The van der Waals surface area contributed by atoms with Crippen molar-refractivity contribution in [2.45, 2.75) is 0 Å². The molecular weight excluding hydrogens is 272 g/mol. The summed E-state index contributed by atoms with van der Waals surface area (Å²) in [5.74, 6) is 0. The number of para-hydroxylation sites is 4. The predicted octanol–water partition coefficient (Wildman–Crippen LogP) is 3.70. The van der Waals surface area contributed by atoms with Crippen LogP contribution in [0.4, 0.5) is 34.1 Å². The maximum atomic E-state index is 4.73. The molecule has 0 aliphatic carbocycles. The van der Waals surface area contributed by atoms with E-state index in [1.165, 1.54) is 0 Å². The Morgan fingerprint density at radius 2 is 1.00 bits per heavy atom. The van der Waals surface area contributed by atoms with Crippen LogP contribution in [0, 0.1) is 0 Å². The molecular formula is C18H12N4. The van der Waals surface area contributed by atoms with Crippen molar-refractivity contribution in [3.63, 3.8) is 0 Å². The molecule has 0 radical (unpaired) electrons. The van der Waals surface area contributed by atoms with Crippen molar-refractivity contribution in [2.75, 3.05) is 10.6 Å². The molecule has 0 saturated carbocycles. The number of benzene rings is 3. The molecule has 0 atom stereocenters. The maximum absolute atomic E-state index is 4.73. The number of anilines is 4. The van der Waals surface area contributed by atoms with Crippen molar-refractivity contribution in [2.24, 2.45) is 9.98 Å². The van der Waals surface area contributed by atoms with Crippen LogP contribution in [0.1, 0.15) is 0 Å². The molecule has 0 bridgehead atoms. The lowest BCUT2D eigenvalue weighted by molar-refractivity contribution is 1.23. The van der Waals surface area contributed by atoms with Crippen LogP contribution >= 0.6 is 0 Å². The van der Waals surface area contributed by atoms with E-state index in [4.69, 9.17) is 9.98 Å². The summed E-state index contributed by atoms with van der Waals surface area (Å²) in [6, 6.07) is 20.2. The Balaban J connectivity index is 1.76. The molecule has 0 spiro atoms. The lowest BCUT2D eigenvalue weighted by Crippen LogP contribution is -2.21. The normalized spacial score (nSPS) is 13.1. The second-order valence-electron chi connectivity index (χ2n) is 5.39. The van der Waals surface area contributed by atoms with Gasteiger partial charge in [0, 0.05) is 0 Å². The Morgan fingerprint density at radius 3 is 1.50 bits per heavy atom. The quantitative estimate of drug-likeness (QED) is 0.455. The van der Waals surface area contributed by atoms with E-state index in [9.17, 15) is 0 Å². The predicted molar refractivity (Wildman–Crippen MR) is 87.5 cm³/mol. The van der Waals surface area contributed by atoms with E-state index in [1.807, 2.05) is 60.7 Å². The topological polar surface area (TPSA) is 48.8 Å². The van der Waals surface area contributed by atoms with Crippen LogP contribution in [0.25, 0.3) is 0 Å². The van der Waals surface area contributed by atoms with Gasteiger partial charge in [-0.05, 0) is 36.4 Å². The van der Waals surface area contributed by atoms with E-state index >= 15 is 0 Å². The number of hydrogen-bond donors (Lipinski definition) is 2. The number of hydrogen-bond acceptors (Lipinski definition) is 4. The van der Waals surface area contributed by atoms with Gasteiger partial charge in [0.15, 0.2) is 0 Å². The zero-order chi connectivity index (χ0) is 14.5. The molecule has 104 valence electrons. The molecule has 5 rings (SSSR count). The van der Waals surface area contributed by atoms with Crippen LogP contribution < -0.4 is 21.3 Å². The van der Waals surface area contributed by atoms with Gasteiger partial charge >= 0.3 is 0 Å². The van der Waals surface area contributed by atoms with Crippen LogP contribution in [-0.2, 0) is 0 Å². The molecule has 22 heavy (non-hydrogen) atoms. The molecule has 3 aromatic rings. The molecule has 2 N–H and O–H groups in total. The standard InChI is InChI=1S/C18H12N4/c1-2-6-12-11(5-1)19-15-9-17-18(10-16(15)20-12)22-14-8-4-3-7-13(14)21-17/h1-10,19,22H. The van der Waals surface area contributed by atoms with Gasteiger partial charge in [-0.15, -0.1) is 0 Å². The molecule has 0 aromatic heterocycles. The third-order valence-electron chi connectivity index (χ3n) is 3.94. The van der Waals surface area contributed by atoms with Crippen LogP contribution in [-0.4, -0.2) is 0 Å².